The van der Waals surface area contributed by atoms with Crippen LogP contribution in [0.1, 0.15) is 25.0 Å². The highest BCUT2D eigenvalue weighted by molar-refractivity contribution is 7.99. The molecule has 134 valence electrons. The number of morpholine rings is 1. The number of aromatic nitrogens is 2. The molecule has 1 fully saturated rings. The first kappa shape index (κ1) is 18.0. The van der Waals surface area contributed by atoms with Crippen LogP contribution in [0.2, 0.25) is 0 Å². The van der Waals surface area contributed by atoms with Crippen LogP contribution in [0.15, 0.2) is 35.7 Å². The molecule has 1 aromatic carbocycles. The van der Waals surface area contributed by atoms with E-state index in [4.69, 9.17) is 4.74 Å². The number of carbonyl (C=O) groups is 1. The molecule has 1 aliphatic heterocycles. The number of aryl methyl sites for hydroxylation is 2. The molecule has 1 aliphatic rings. The summed E-state index contributed by atoms with van der Waals surface area (Å²) in [5.41, 5.74) is 3.51. The van der Waals surface area contributed by atoms with Gasteiger partial charge in [-0.3, -0.25) is 9.36 Å². The second-order valence-corrected chi connectivity index (χ2v) is 7.71. The minimum Gasteiger partial charge on any atom is -0.372 e. The lowest BCUT2D eigenvalue weighted by molar-refractivity contribution is -0.140. The number of hydrogen-bond acceptors (Lipinski definition) is 4. The first-order valence-electron chi connectivity index (χ1n) is 8.60. The van der Waals surface area contributed by atoms with Crippen molar-refractivity contribution in [3.05, 3.63) is 41.7 Å². The summed E-state index contributed by atoms with van der Waals surface area (Å²) in [6, 6.07) is 6.41. The molecule has 0 bridgehead atoms. The van der Waals surface area contributed by atoms with Gasteiger partial charge in [0.15, 0.2) is 5.16 Å². The summed E-state index contributed by atoms with van der Waals surface area (Å²) >= 11 is 1.48. The van der Waals surface area contributed by atoms with E-state index in [0.717, 1.165) is 10.8 Å². The Hall–Kier alpha value is -1.79. The second-order valence-electron chi connectivity index (χ2n) is 6.77. The van der Waals surface area contributed by atoms with Gasteiger partial charge in [0.1, 0.15) is 0 Å². The first-order valence-corrected chi connectivity index (χ1v) is 9.59. The summed E-state index contributed by atoms with van der Waals surface area (Å²) in [5, 5.41) is 0.840. The Bertz CT molecular complexity index is 729. The molecule has 0 N–H and O–H groups in total. The number of amides is 1. The average Bonchev–Trinajstić information content (AvgIpc) is 2.99. The molecule has 6 heteroatoms. The molecule has 0 spiro atoms. The SMILES string of the molecule is Cc1cc(C)cc(-n2ccnc2SCC(=O)N2C[C@H](C)O[C@@H](C)C2)c1. The first-order chi connectivity index (χ1) is 11.9. The predicted molar refractivity (Wildman–Crippen MR) is 100 cm³/mol. The Labute approximate surface area is 153 Å². The third-order valence-corrected chi connectivity index (χ3v) is 5.14. The molecule has 1 amide bonds. The van der Waals surface area contributed by atoms with Gasteiger partial charge >= 0.3 is 0 Å². The van der Waals surface area contributed by atoms with E-state index in [-0.39, 0.29) is 18.1 Å². The van der Waals surface area contributed by atoms with Crippen molar-refractivity contribution in [2.45, 2.75) is 45.1 Å². The molecule has 2 heterocycles. The van der Waals surface area contributed by atoms with Crippen molar-refractivity contribution in [2.75, 3.05) is 18.8 Å². The van der Waals surface area contributed by atoms with Crippen LogP contribution in [0.5, 0.6) is 0 Å². The Morgan fingerprint density at radius 1 is 1.20 bits per heavy atom. The lowest BCUT2D eigenvalue weighted by Gasteiger charge is -2.35. The van der Waals surface area contributed by atoms with E-state index < -0.39 is 0 Å². The molecule has 5 nitrogen and oxygen atoms in total. The summed E-state index contributed by atoms with van der Waals surface area (Å²) in [6.07, 6.45) is 3.91. The molecule has 0 aliphatic carbocycles. The van der Waals surface area contributed by atoms with Crippen molar-refractivity contribution in [2.24, 2.45) is 0 Å². The van der Waals surface area contributed by atoms with Crippen molar-refractivity contribution in [1.29, 1.82) is 0 Å². The van der Waals surface area contributed by atoms with Crippen molar-refractivity contribution in [3.8, 4) is 5.69 Å². The lowest BCUT2D eigenvalue weighted by Crippen LogP contribution is -2.48. The molecule has 0 unspecified atom stereocenters. The van der Waals surface area contributed by atoms with Crippen molar-refractivity contribution < 1.29 is 9.53 Å². The maximum atomic E-state index is 12.6. The van der Waals surface area contributed by atoms with Gasteiger partial charge in [-0.1, -0.05) is 17.8 Å². The van der Waals surface area contributed by atoms with E-state index in [1.807, 2.05) is 29.5 Å². The van der Waals surface area contributed by atoms with Crippen molar-refractivity contribution >= 4 is 17.7 Å². The number of rotatable bonds is 4. The Balaban J connectivity index is 1.68. The fourth-order valence-electron chi connectivity index (χ4n) is 3.28. The summed E-state index contributed by atoms with van der Waals surface area (Å²) in [7, 11) is 0. The third-order valence-electron chi connectivity index (χ3n) is 4.19. The largest absolute Gasteiger partial charge is 0.372 e. The molecule has 0 radical (unpaired) electrons. The van der Waals surface area contributed by atoms with E-state index in [2.05, 4.69) is 37.0 Å². The fraction of sp³-hybridized carbons (Fsp3) is 0.474. The molecule has 3 rings (SSSR count). The van der Waals surface area contributed by atoms with E-state index in [0.29, 0.717) is 18.8 Å². The Morgan fingerprint density at radius 2 is 1.84 bits per heavy atom. The maximum Gasteiger partial charge on any atom is 0.233 e. The standard InChI is InChI=1S/C19H25N3O2S/c1-13-7-14(2)9-17(8-13)22-6-5-20-19(22)25-12-18(23)21-10-15(3)24-16(4)11-21/h5-9,15-16H,10-12H2,1-4H3/t15-,16-/m0/s1. The van der Waals surface area contributed by atoms with Gasteiger partial charge in [-0.15, -0.1) is 0 Å². The highest BCUT2D eigenvalue weighted by atomic mass is 32.2. The molecule has 2 atom stereocenters. The molecular formula is C19H25N3O2S. The quantitative estimate of drug-likeness (QED) is 0.787. The van der Waals surface area contributed by atoms with Crippen LogP contribution in [0.3, 0.4) is 0 Å². The molecule has 0 saturated carbocycles. The number of nitrogens with zero attached hydrogens (tertiary/aromatic N) is 3. The van der Waals surface area contributed by atoms with Gasteiger partial charge in [-0.05, 0) is 51.0 Å². The van der Waals surface area contributed by atoms with Gasteiger partial charge in [-0.25, -0.2) is 4.98 Å². The number of carbonyl (C=O) groups excluding carboxylic acids is 1. The van der Waals surface area contributed by atoms with Gasteiger partial charge in [0.2, 0.25) is 5.91 Å². The van der Waals surface area contributed by atoms with Crippen LogP contribution in [0.25, 0.3) is 5.69 Å². The number of thioether (sulfide) groups is 1. The highest BCUT2D eigenvalue weighted by Gasteiger charge is 2.26. The van der Waals surface area contributed by atoms with Gasteiger partial charge in [-0.2, -0.15) is 0 Å². The van der Waals surface area contributed by atoms with E-state index in [9.17, 15) is 4.79 Å². The van der Waals surface area contributed by atoms with E-state index in [1.165, 1.54) is 22.9 Å². The van der Waals surface area contributed by atoms with Crippen molar-refractivity contribution in [3.63, 3.8) is 0 Å². The third kappa shape index (κ3) is 4.44. The molecule has 1 aromatic heterocycles. The number of imidazole rings is 1. The van der Waals surface area contributed by atoms with Crippen molar-refractivity contribution in [1.82, 2.24) is 14.5 Å². The molecule has 1 saturated heterocycles. The fourth-order valence-corrected chi connectivity index (χ4v) is 4.16. The highest BCUT2D eigenvalue weighted by Crippen LogP contribution is 2.23. The molecular weight excluding hydrogens is 334 g/mol. The smallest absolute Gasteiger partial charge is 0.233 e. The maximum absolute atomic E-state index is 12.6. The summed E-state index contributed by atoms with van der Waals surface area (Å²) in [5.74, 6) is 0.531. The molecule has 2 aromatic rings. The van der Waals surface area contributed by atoms with Crippen LogP contribution >= 0.6 is 11.8 Å². The number of ether oxygens (including phenoxy) is 1. The second kappa shape index (κ2) is 7.62. The Morgan fingerprint density at radius 3 is 2.48 bits per heavy atom. The lowest BCUT2D eigenvalue weighted by atomic mass is 10.1. The summed E-state index contributed by atoms with van der Waals surface area (Å²) < 4.78 is 7.74. The zero-order valence-corrected chi connectivity index (χ0v) is 16.0. The summed E-state index contributed by atoms with van der Waals surface area (Å²) in [4.78, 5) is 18.9. The zero-order chi connectivity index (χ0) is 18.0. The average molecular weight is 359 g/mol. The van der Waals surface area contributed by atoms with Crippen LogP contribution in [0, 0.1) is 13.8 Å². The normalized spacial score (nSPS) is 20.7. The van der Waals surface area contributed by atoms with Crippen LogP contribution in [-0.2, 0) is 9.53 Å². The van der Waals surface area contributed by atoms with Gasteiger partial charge in [0.05, 0.1) is 18.0 Å². The van der Waals surface area contributed by atoms with Gasteiger partial charge < -0.3 is 9.64 Å². The number of hydrogen-bond donors (Lipinski definition) is 0. The Kier molecular flexibility index (Phi) is 5.49. The van der Waals surface area contributed by atoms with E-state index in [1.54, 1.807) is 6.20 Å². The zero-order valence-electron chi connectivity index (χ0n) is 15.2. The minimum absolute atomic E-state index is 0.0926. The summed E-state index contributed by atoms with van der Waals surface area (Å²) in [6.45, 7) is 9.52. The monoisotopic (exact) mass is 359 g/mol. The molecule has 25 heavy (non-hydrogen) atoms. The predicted octanol–water partition coefficient (Wildman–Crippen LogP) is 3.22. The van der Waals surface area contributed by atoms with Crippen LogP contribution < -0.4 is 0 Å². The topological polar surface area (TPSA) is 47.4 Å². The van der Waals surface area contributed by atoms with Gasteiger partial charge in [0.25, 0.3) is 0 Å². The number of benzene rings is 1. The minimum atomic E-state index is 0.0926. The van der Waals surface area contributed by atoms with E-state index >= 15 is 0 Å². The van der Waals surface area contributed by atoms with Crippen LogP contribution in [-0.4, -0.2) is 51.4 Å². The van der Waals surface area contributed by atoms with Crippen LogP contribution in [0.4, 0.5) is 0 Å². The van der Waals surface area contributed by atoms with Gasteiger partial charge in [0, 0.05) is 31.2 Å².